The second-order valence-electron chi connectivity index (χ2n) is 14.7. The van der Waals surface area contributed by atoms with E-state index in [1.165, 1.54) is 141 Å². The maximum atomic E-state index is 13.4. The summed E-state index contributed by atoms with van der Waals surface area (Å²) in [6.07, 6.45) is 40.0. The third kappa shape index (κ3) is 33.9. The van der Waals surface area contributed by atoms with E-state index in [4.69, 9.17) is 6.42 Å². The van der Waals surface area contributed by atoms with Crippen LogP contribution in [0.4, 0.5) is 0 Å². The summed E-state index contributed by atoms with van der Waals surface area (Å²) in [6.45, 7) is 9.83. The van der Waals surface area contributed by atoms with Crippen molar-refractivity contribution in [2.75, 3.05) is 44.2 Å². The fourth-order valence-corrected chi connectivity index (χ4v) is 7.47. The fraction of sp³-hybridized carbons (Fsp3) is 0.886. The zero-order valence-corrected chi connectivity index (χ0v) is 34.9. The lowest BCUT2D eigenvalue weighted by atomic mass is 10.0. The lowest BCUT2D eigenvalue weighted by Crippen LogP contribution is -2.39. The molecule has 0 atom stereocenters. The topological polar surface area (TPSA) is 69.7 Å². The van der Waals surface area contributed by atoms with Gasteiger partial charge in [-0.15, -0.1) is 12.3 Å². The summed E-state index contributed by atoms with van der Waals surface area (Å²) in [5, 5.41) is 2.91. The molecule has 0 heterocycles. The van der Waals surface area contributed by atoms with Gasteiger partial charge in [-0.05, 0) is 19.3 Å². The number of hydrogen-bond acceptors (Lipinski definition) is 4. The molecule has 6 nitrogen and oxygen atoms in total. The summed E-state index contributed by atoms with van der Waals surface area (Å²) < 4.78 is 0. The lowest BCUT2D eigenvalue weighted by molar-refractivity contribution is -0.131. The van der Waals surface area contributed by atoms with Gasteiger partial charge in [0.25, 0.3) is 0 Å². The molecule has 0 aromatic rings. The number of carbonyl (C=O) groups excluding carboxylic acids is 3. The number of carbonyl (C=O) groups is 3. The van der Waals surface area contributed by atoms with Crippen molar-refractivity contribution in [3.63, 3.8) is 0 Å². The van der Waals surface area contributed by atoms with Crippen LogP contribution in [0.15, 0.2) is 0 Å². The largest absolute Gasteiger partial charge is 0.354 e. The van der Waals surface area contributed by atoms with E-state index in [-0.39, 0.29) is 11.8 Å². The first-order valence-corrected chi connectivity index (χ1v) is 23.0. The zero-order chi connectivity index (χ0) is 37.5. The molecule has 0 aromatic carbocycles. The lowest BCUT2D eigenvalue weighted by Gasteiger charge is -2.24. The molecule has 0 aliphatic carbocycles. The van der Waals surface area contributed by atoms with Crippen LogP contribution in [0, 0.1) is 12.3 Å². The van der Waals surface area contributed by atoms with E-state index in [1.54, 1.807) is 11.8 Å². The van der Waals surface area contributed by atoms with Crippen LogP contribution in [-0.4, -0.2) is 71.8 Å². The first kappa shape index (κ1) is 49.3. The molecule has 298 valence electrons. The van der Waals surface area contributed by atoms with Gasteiger partial charge in [-0.25, -0.2) is 0 Å². The van der Waals surface area contributed by atoms with Crippen LogP contribution < -0.4 is 5.32 Å². The van der Waals surface area contributed by atoms with Gasteiger partial charge in [0.15, 0.2) is 0 Å². The quantitative estimate of drug-likeness (QED) is 0.0504. The second-order valence-corrected chi connectivity index (χ2v) is 15.9. The van der Waals surface area contributed by atoms with E-state index in [0.717, 1.165) is 37.4 Å². The highest BCUT2D eigenvalue weighted by molar-refractivity contribution is 7.99. The standard InChI is InChI=1S/C44H83N3O3S/c1-5-9-12-14-16-18-20-22-24-26-28-31-36-46(37-32-29-27-25-23-21-19-17-15-13-10-6-2)44(50)34-40-51-41-39-47(43(49)8-4)38-35-45-42(48)33-30-11-7-3/h3H,5-6,8-41H2,1-2,4H3,(H,45,48). The van der Waals surface area contributed by atoms with Crippen LogP contribution in [0.5, 0.6) is 0 Å². The number of amides is 3. The van der Waals surface area contributed by atoms with Gasteiger partial charge in [0.05, 0.1) is 0 Å². The molecular formula is C44H83N3O3S. The summed E-state index contributed by atoms with van der Waals surface area (Å²) in [5.41, 5.74) is 0. The van der Waals surface area contributed by atoms with Gasteiger partial charge in [-0.1, -0.05) is 162 Å². The molecule has 1 N–H and O–H groups in total. The Morgan fingerprint density at radius 1 is 0.510 bits per heavy atom. The van der Waals surface area contributed by atoms with E-state index < -0.39 is 0 Å². The van der Waals surface area contributed by atoms with E-state index >= 15 is 0 Å². The molecule has 0 spiro atoms. The van der Waals surface area contributed by atoms with Crippen LogP contribution in [0.1, 0.15) is 207 Å². The molecule has 0 saturated heterocycles. The highest BCUT2D eigenvalue weighted by Gasteiger charge is 2.15. The predicted octanol–water partition coefficient (Wildman–Crippen LogP) is 11.5. The molecule has 0 fully saturated rings. The predicted molar refractivity (Wildman–Crippen MR) is 223 cm³/mol. The van der Waals surface area contributed by atoms with Crippen LogP contribution >= 0.6 is 11.8 Å². The third-order valence-corrected chi connectivity index (χ3v) is 10.9. The number of nitrogens with one attached hydrogen (secondary N) is 1. The minimum Gasteiger partial charge on any atom is -0.354 e. The van der Waals surface area contributed by atoms with Crippen molar-refractivity contribution in [2.24, 2.45) is 0 Å². The molecule has 0 aromatic heterocycles. The summed E-state index contributed by atoms with van der Waals surface area (Å²) in [4.78, 5) is 41.8. The van der Waals surface area contributed by atoms with E-state index in [0.29, 0.717) is 57.6 Å². The van der Waals surface area contributed by atoms with Crippen molar-refractivity contribution in [2.45, 2.75) is 207 Å². The Morgan fingerprint density at radius 3 is 1.37 bits per heavy atom. The Balaban J connectivity index is 4.48. The molecule has 0 bridgehead atoms. The first-order valence-electron chi connectivity index (χ1n) is 21.8. The van der Waals surface area contributed by atoms with Crippen molar-refractivity contribution in [3.05, 3.63) is 0 Å². The zero-order valence-electron chi connectivity index (χ0n) is 34.1. The van der Waals surface area contributed by atoms with E-state index in [9.17, 15) is 14.4 Å². The second kappa shape index (κ2) is 39.5. The van der Waals surface area contributed by atoms with Crippen LogP contribution in [0.3, 0.4) is 0 Å². The fourth-order valence-electron chi connectivity index (χ4n) is 6.60. The highest BCUT2D eigenvalue weighted by atomic mass is 32.2. The number of thioether (sulfide) groups is 1. The number of terminal acetylenes is 1. The van der Waals surface area contributed by atoms with Gasteiger partial charge in [-0.2, -0.15) is 11.8 Å². The summed E-state index contributed by atoms with van der Waals surface area (Å²) >= 11 is 1.75. The number of hydrogen-bond donors (Lipinski definition) is 1. The van der Waals surface area contributed by atoms with Gasteiger partial charge in [0.2, 0.25) is 17.7 Å². The Labute approximate surface area is 321 Å². The van der Waals surface area contributed by atoms with Crippen molar-refractivity contribution in [1.29, 1.82) is 0 Å². The molecule has 0 aliphatic rings. The molecule has 0 aliphatic heterocycles. The summed E-state index contributed by atoms with van der Waals surface area (Å²) in [7, 11) is 0. The van der Waals surface area contributed by atoms with Gasteiger partial charge < -0.3 is 15.1 Å². The molecule has 0 saturated carbocycles. The summed E-state index contributed by atoms with van der Waals surface area (Å²) in [5.74, 6) is 4.52. The summed E-state index contributed by atoms with van der Waals surface area (Å²) in [6, 6.07) is 0. The third-order valence-electron chi connectivity index (χ3n) is 9.97. The monoisotopic (exact) mass is 734 g/mol. The first-order chi connectivity index (χ1) is 25.0. The smallest absolute Gasteiger partial charge is 0.223 e. The van der Waals surface area contributed by atoms with Crippen molar-refractivity contribution >= 4 is 29.5 Å². The highest BCUT2D eigenvalue weighted by Crippen LogP contribution is 2.15. The Kier molecular flexibility index (Phi) is 38.2. The van der Waals surface area contributed by atoms with Crippen molar-refractivity contribution in [3.8, 4) is 12.3 Å². The molecule has 0 unspecified atom stereocenters. The Morgan fingerprint density at radius 2 is 0.941 bits per heavy atom. The van der Waals surface area contributed by atoms with Crippen molar-refractivity contribution in [1.82, 2.24) is 15.1 Å². The maximum absolute atomic E-state index is 13.4. The van der Waals surface area contributed by atoms with Crippen LogP contribution in [-0.2, 0) is 14.4 Å². The van der Waals surface area contributed by atoms with Gasteiger partial charge in [0, 0.05) is 69.9 Å². The van der Waals surface area contributed by atoms with Crippen LogP contribution in [0.2, 0.25) is 0 Å². The number of rotatable bonds is 39. The van der Waals surface area contributed by atoms with Gasteiger partial charge in [-0.3, -0.25) is 14.4 Å². The minimum absolute atomic E-state index is 0.0152. The van der Waals surface area contributed by atoms with Crippen LogP contribution in [0.25, 0.3) is 0 Å². The average Bonchev–Trinajstić information content (AvgIpc) is 3.13. The minimum atomic E-state index is -0.0152. The molecule has 3 amide bonds. The van der Waals surface area contributed by atoms with E-state index in [1.807, 2.05) is 11.8 Å². The number of nitrogens with zero attached hydrogens (tertiary/aromatic N) is 2. The SMILES string of the molecule is C#CCCCC(=O)NCCN(CCSCCC(=O)N(CCCCCCCCCCCCCC)CCCCCCCCCCCCCC)C(=O)CC. The molecule has 7 heteroatoms. The number of unbranched alkanes of at least 4 members (excludes halogenated alkanes) is 23. The van der Waals surface area contributed by atoms with E-state index in [2.05, 4.69) is 30.0 Å². The molecule has 0 rings (SSSR count). The van der Waals surface area contributed by atoms with Gasteiger partial charge >= 0.3 is 0 Å². The molecule has 0 radical (unpaired) electrons. The normalized spacial score (nSPS) is 11.0. The van der Waals surface area contributed by atoms with Gasteiger partial charge in [0.1, 0.15) is 0 Å². The Hall–Kier alpha value is -1.68. The average molecular weight is 734 g/mol. The maximum Gasteiger partial charge on any atom is 0.223 e. The van der Waals surface area contributed by atoms with Crippen molar-refractivity contribution < 1.29 is 14.4 Å². The molecule has 51 heavy (non-hydrogen) atoms. The Bertz CT molecular complexity index is 818. The molecular weight excluding hydrogens is 651 g/mol.